The summed E-state index contributed by atoms with van der Waals surface area (Å²) in [4.78, 5) is 0. The number of nitrogens with one attached hydrogen (secondary N) is 1. The Balaban J connectivity index is 2.07. The molecule has 1 aliphatic heterocycles. The third kappa shape index (κ3) is 3.04. The number of rotatable bonds is 4. The van der Waals surface area contributed by atoms with Gasteiger partial charge in [-0.3, -0.25) is 0 Å². The van der Waals surface area contributed by atoms with Gasteiger partial charge >= 0.3 is 6.18 Å². The Kier molecular flexibility index (Phi) is 3.85. The fourth-order valence-electron chi connectivity index (χ4n) is 2.32. The molecule has 2 rings (SSSR count). The Bertz CT molecular complexity index is 434. The van der Waals surface area contributed by atoms with E-state index in [0.717, 1.165) is 10.7 Å². The van der Waals surface area contributed by atoms with E-state index in [2.05, 4.69) is 0 Å². The van der Waals surface area contributed by atoms with Crippen LogP contribution in [0.25, 0.3) is 0 Å². The predicted molar refractivity (Wildman–Crippen MR) is 63.4 cm³/mol. The lowest BCUT2D eigenvalue weighted by Gasteiger charge is -2.33. The van der Waals surface area contributed by atoms with Gasteiger partial charge in [0.2, 0.25) is 0 Å². The van der Waals surface area contributed by atoms with Gasteiger partial charge in [-0.25, -0.2) is 0 Å². The quantitative estimate of drug-likeness (QED) is 0.798. The van der Waals surface area contributed by atoms with E-state index in [1.165, 1.54) is 0 Å². The van der Waals surface area contributed by atoms with Gasteiger partial charge < -0.3 is 5.73 Å². The number of hydrogen-bond donors (Lipinski definition) is 2. The average Bonchev–Trinajstić information content (AvgIpc) is 3.09. The summed E-state index contributed by atoms with van der Waals surface area (Å²) in [6, 6.07) is 0. The normalized spacial score (nSPS) is 28.3. The van der Waals surface area contributed by atoms with Crippen molar-refractivity contribution in [2.75, 3.05) is 19.6 Å². The second-order valence-electron chi connectivity index (χ2n) is 5.29. The molecular formula is C10H18F3N3O2S. The van der Waals surface area contributed by atoms with Crippen LogP contribution in [-0.2, 0) is 10.2 Å². The molecule has 1 atom stereocenters. The van der Waals surface area contributed by atoms with E-state index in [9.17, 15) is 21.6 Å². The summed E-state index contributed by atoms with van der Waals surface area (Å²) >= 11 is 0. The summed E-state index contributed by atoms with van der Waals surface area (Å²) in [5.74, 6) is 0.0198. The van der Waals surface area contributed by atoms with Crippen LogP contribution < -0.4 is 10.5 Å². The maximum atomic E-state index is 12.8. The lowest BCUT2D eigenvalue weighted by atomic mass is 10.0. The molecule has 1 saturated carbocycles. The second-order valence-corrected chi connectivity index (χ2v) is 6.96. The van der Waals surface area contributed by atoms with Gasteiger partial charge in [0.05, 0.1) is 0 Å². The van der Waals surface area contributed by atoms with Crippen LogP contribution in [0.5, 0.6) is 0 Å². The smallest absolute Gasteiger partial charge is 0.330 e. The Morgan fingerprint density at radius 3 is 2.47 bits per heavy atom. The number of hydrogen-bond acceptors (Lipinski definition) is 3. The van der Waals surface area contributed by atoms with Gasteiger partial charge in [0.15, 0.2) is 0 Å². The van der Waals surface area contributed by atoms with Crippen molar-refractivity contribution < 1.29 is 21.6 Å². The van der Waals surface area contributed by atoms with Gasteiger partial charge in [0.25, 0.3) is 10.2 Å². The summed E-state index contributed by atoms with van der Waals surface area (Å²) in [5.41, 5.74) is 3.25. The van der Waals surface area contributed by atoms with Crippen LogP contribution in [0.1, 0.15) is 25.7 Å². The third-order valence-corrected chi connectivity index (χ3v) is 5.43. The first-order valence-corrected chi connectivity index (χ1v) is 7.70. The maximum absolute atomic E-state index is 12.8. The third-order valence-electron chi connectivity index (χ3n) is 3.77. The van der Waals surface area contributed by atoms with E-state index in [1.54, 1.807) is 0 Å². The number of piperidine rings is 1. The summed E-state index contributed by atoms with van der Waals surface area (Å²) in [6.45, 7) is 0.788. The average molecular weight is 301 g/mol. The van der Waals surface area contributed by atoms with Gasteiger partial charge in [0, 0.05) is 13.1 Å². The van der Waals surface area contributed by atoms with E-state index in [4.69, 9.17) is 5.73 Å². The number of alkyl halides is 3. The standard InChI is InChI=1S/C10H18F3N3O2S/c11-10(12,13)9(3-4-9)15-19(17,18)16-5-1-2-8(6-14)7-16/h8,15H,1-7,14H2. The molecule has 5 nitrogen and oxygen atoms in total. The van der Waals surface area contributed by atoms with Gasteiger partial charge in [-0.15, -0.1) is 0 Å². The zero-order chi connectivity index (χ0) is 14.3. The molecule has 0 bridgehead atoms. The topological polar surface area (TPSA) is 75.4 Å². The predicted octanol–water partition coefficient (Wildman–Crippen LogP) is 0.586. The van der Waals surface area contributed by atoms with Crippen LogP contribution >= 0.6 is 0 Å². The van der Waals surface area contributed by atoms with Crippen molar-refractivity contribution in [3.05, 3.63) is 0 Å². The monoisotopic (exact) mass is 301 g/mol. The molecule has 1 aliphatic carbocycles. The minimum absolute atomic E-state index is 0.0198. The summed E-state index contributed by atoms with van der Waals surface area (Å²) in [7, 11) is -4.10. The van der Waals surface area contributed by atoms with E-state index in [1.807, 2.05) is 4.72 Å². The van der Waals surface area contributed by atoms with Crippen molar-refractivity contribution in [1.82, 2.24) is 9.03 Å². The lowest BCUT2D eigenvalue weighted by Crippen LogP contribution is -2.55. The highest BCUT2D eigenvalue weighted by molar-refractivity contribution is 7.87. The highest BCUT2D eigenvalue weighted by Crippen LogP contribution is 2.49. The van der Waals surface area contributed by atoms with Crippen molar-refractivity contribution in [2.45, 2.75) is 37.4 Å². The summed E-state index contributed by atoms with van der Waals surface area (Å²) < 4.78 is 65.3. The zero-order valence-corrected chi connectivity index (χ0v) is 11.2. The molecule has 0 aromatic heterocycles. The molecule has 112 valence electrons. The first-order valence-electron chi connectivity index (χ1n) is 6.26. The molecule has 1 unspecified atom stereocenters. The maximum Gasteiger partial charge on any atom is 0.407 e. The lowest BCUT2D eigenvalue weighted by molar-refractivity contribution is -0.161. The summed E-state index contributed by atoms with van der Waals surface area (Å²) in [6.07, 6.45) is -3.48. The van der Waals surface area contributed by atoms with Crippen molar-refractivity contribution in [3.63, 3.8) is 0 Å². The SMILES string of the molecule is NCC1CCCN(S(=O)(=O)NC2(C(F)(F)F)CC2)C1. The van der Waals surface area contributed by atoms with Gasteiger partial charge in [-0.2, -0.15) is 30.6 Å². The van der Waals surface area contributed by atoms with E-state index in [0.29, 0.717) is 13.0 Å². The van der Waals surface area contributed by atoms with Gasteiger partial charge in [0.1, 0.15) is 5.54 Å². The molecule has 0 aromatic rings. The number of nitrogens with two attached hydrogens (primary N) is 1. The van der Waals surface area contributed by atoms with Crippen LogP contribution in [0.4, 0.5) is 13.2 Å². The summed E-state index contributed by atoms with van der Waals surface area (Å²) in [5, 5.41) is 0. The molecular weight excluding hydrogens is 283 g/mol. The first kappa shape index (κ1) is 15.0. The first-order chi connectivity index (χ1) is 8.70. The molecule has 2 fully saturated rings. The Morgan fingerprint density at radius 1 is 1.37 bits per heavy atom. The molecule has 0 amide bonds. The Hall–Kier alpha value is -0.380. The fraction of sp³-hybridized carbons (Fsp3) is 1.00. The van der Waals surface area contributed by atoms with Crippen molar-refractivity contribution in [2.24, 2.45) is 11.7 Å². The highest BCUT2D eigenvalue weighted by atomic mass is 32.2. The van der Waals surface area contributed by atoms with Crippen LogP contribution in [0.3, 0.4) is 0 Å². The number of nitrogens with zero attached hydrogens (tertiary/aromatic N) is 1. The second kappa shape index (κ2) is 4.87. The molecule has 3 N–H and O–H groups in total. The fourth-order valence-corrected chi connectivity index (χ4v) is 4.04. The van der Waals surface area contributed by atoms with Crippen molar-refractivity contribution in [1.29, 1.82) is 0 Å². The molecule has 0 spiro atoms. The van der Waals surface area contributed by atoms with Crippen LogP contribution in [-0.4, -0.2) is 44.1 Å². The minimum atomic E-state index is -4.54. The van der Waals surface area contributed by atoms with E-state index >= 15 is 0 Å². The van der Waals surface area contributed by atoms with E-state index in [-0.39, 0.29) is 31.8 Å². The molecule has 0 aromatic carbocycles. The van der Waals surface area contributed by atoms with Crippen molar-refractivity contribution in [3.8, 4) is 0 Å². The number of halogens is 3. The highest BCUT2D eigenvalue weighted by Gasteiger charge is 2.65. The van der Waals surface area contributed by atoms with Crippen LogP contribution in [0.15, 0.2) is 0 Å². The van der Waals surface area contributed by atoms with Crippen LogP contribution in [0, 0.1) is 5.92 Å². The zero-order valence-electron chi connectivity index (χ0n) is 10.4. The van der Waals surface area contributed by atoms with E-state index < -0.39 is 21.9 Å². The van der Waals surface area contributed by atoms with Gasteiger partial charge in [-0.05, 0) is 38.1 Å². The largest absolute Gasteiger partial charge is 0.407 e. The molecule has 0 radical (unpaired) electrons. The Labute approximate surface area is 110 Å². The molecule has 2 aliphatic rings. The molecule has 1 saturated heterocycles. The minimum Gasteiger partial charge on any atom is -0.330 e. The Morgan fingerprint density at radius 2 is 2.00 bits per heavy atom. The molecule has 1 heterocycles. The van der Waals surface area contributed by atoms with Crippen LogP contribution in [0.2, 0.25) is 0 Å². The molecule has 19 heavy (non-hydrogen) atoms. The van der Waals surface area contributed by atoms with Crippen molar-refractivity contribution >= 4 is 10.2 Å². The van der Waals surface area contributed by atoms with Gasteiger partial charge in [-0.1, -0.05) is 0 Å². The molecule has 9 heteroatoms.